The first-order valence-electron chi connectivity index (χ1n) is 5.77. The van der Waals surface area contributed by atoms with Gasteiger partial charge in [-0.25, -0.2) is 13.6 Å². The molecule has 0 fully saturated rings. The Morgan fingerprint density at radius 3 is 2.55 bits per heavy atom. The lowest BCUT2D eigenvalue weighted by Crippen LogP contribution is -2.39. The molecule has 1 aromatic carbocycles. The van der Waals surface area contributed by atoms with Crippen molar-refractivity contribution < 1.29 is 23.5 Å². The lowest BCUT2D eigenvalue weighted by atomic mass is 10.3. The zero-order valence-electron chi connectivity index (χ0n) is 10.6. The van der Waals surface area contributed by atoms with E-state index in [1.165, 1.54) is 0 Å². The molecule has 0 heterocycles. The van der Waals surface area contributed by atoms with Gasteiger partial charge in [-0.05, 0) is 28.4 Å². The summed E-state index contributed by atoms with van der Waals surface area (Å²) in [5.41, 5.74) is -0.227. The van der Waals surface area contributed by atoms with Crippen molar-refractivity contribution in [2.75, 3.05) is 18.4 Å². The number of amides is 2. The molecule has 20 heavy (non-hydrogen) atoms. The highest BCUT2D eigenvalue weighted by Crippen LogP contribution is 2.23. The van der Waals surface area contributed by atoms with Crippen LogP contribution < -0.4 is 5.32 Å². The van der Waals surface area contributed by atoms with Gasteiger partial charge >= 0.3 is 12.0 Å². The summed E-state index contributed by atoms with van der Waals surface area (Å²) in [6.45, 7) is 1.49. The third kappa shape index (κ3) is 4.44. The Labute approximate surface area is 122 Å². The Hall–Kier alpha value is -1.70. The summed E-state index contributed by atoms with van der Waals surface area (Å²) in [5.74, 6) is -2.91. The van der Waals surface area contributed by atoms with Gasteiger partial charge in [0.2, 0.25) is 0 Å². The predicted octanol–water partition coefficient (Wildman–Crippen LogP) is 3.06. The highest BCUT2D eigenvalue weighted by atomic mass is 79.9. The SMILES string of the molecule is CCCN(CC(=O)O)C(=O)Nc1cc(Br)c(F)cc1F. The number of hydrogen-bond acceptors (Lipinski definition) is 2. The molecule has 0 atom stereocenters. The number of urea groups is 1. The minimum atomic E-state index is -1.17. The van der Waals surface area contributed by atoms with E-state index in [2.05, 4.69) is 21.2 Å². The van der Waals surface area contributed by atoms with Gasteiger partial charge < -0.3 is 15.3 Å². The second kappa shape index (κ2) is 7.18. The first-order chi connectivity index (χ1) is 9.35. The zero-order valence-corrected chi connectivity index (χ0v) is 12.2. The monoisotopic (exact) mass is 350 g/mol. The van der Waals surface area contributed by atoms with E-state index in [0.717, 1.165) is 11.0 Å². The lowest BCUT2D eigenvalue weighted by molar-refractivity contribution is -0.137. The number of rotatable bonds is 5. The standard InChI is InChI=1S/C12H13BrF2N2O3/c1-2-3-17(6-11(18)19)12(20)16-10-4-7(13)8(14)5-9(10)15/h4-5H,2-3,6H2,1H3,(H,16,20)(H,18,19). The third-order valence-corrected chi connectivity index (χ3v) is 2.97. The van der Waals surface area contributed by atoms with Crippen LogP contribution in [-0.2, 0) is 4.79 Å². The van der Waals surface area contributed by atoms with Crippen molar-refractivity contribution in [2.24, 2.45) is 0 Å². The predicted molar refractivity (Wildman–Crippen MR) is 72.6 cm³/mol. The largest absolute Gasteiger partial charge is 0.480 e. The molecule has 0 aliphatic carbocycles. The van der Waals surface area contributed by atoms with Gasteiger partial charge in [0, 0.05) is 12.6 Å². The zero-order chi connectivity index (χ0) is 15.3. The van der Waals surface area contributed by atoms with Gasteiger partial charge in [-0.2, -0.15) is 0 Å². The van der Waals surface area contributed by atoms with E-state index in [-0.39, 0.29) is 16.7 Å². The van der Waals surface area contributed by atoms with Gasteiger partial charge in [0.05, 0.1) is 10.2 Å². The fourth-order valence-corrected chi connectivity index (χ4v) is 1.84. The smallest absolute Gasteiger partial charge is 0.323 e. The molecule has 0 saturated heterocycles. The molecule has 0 bridgehead atoms. The summed E-state index contributed by atoms with van der Waals surface area (Å²) in [5, 5.41) is 10.9. The first kappa shape index (κ1) is 16.4. The molecular formula is C12H13BrF2N2O3. The minimum Gasteiger partial charge on any atom is -0.480 e. The Bertz CT molecular complexity index is 526. The number of anilines is 1. The van der Waals surface area contributed by atoms with E-state index in [1.807, 2.05) is 0 Å². The molecule has 0 aliphatic heterocycles. The lowest BCUT2D eigenvalue weighted by Gasteiger charge is -2.20. The molecule has 0 aromatic heterocycles. The maximum atomic E-state index is 13.5. The number of nitrogens with zero attached hydrogens (tertiary/aromatic N) is 1. The third-order valence-electron chi connectivity index (χ3n) is 2.36. The molecule has 0 saturated carbocycles. The second-order valence-corrected chi connectivity index (χ2v) is 4.85. The van der Waals surface area contributed by atoms with E-state index in [4.69, 9.17) is 5.11 Å². The fraction of sp³-hybridized carbons (Fsp3) is 0.333. The van der Waals surface area contributed by atoms with Crippen LogP contribution in [0.5, 0.6) is 0 Å². The highest BCUT2D eigenvalue weighted by Gasteiger charge is 2.18. The average Bonchev–Trinajstić information content (AvgIpc) is 2.34. The first-order valence-corrected chi connectivity index (χ1v) is 6.56. The van der Waals surface area contributed by atoms with Crippen molar-refractivity contribution in [3.63, 3.8) is 0 Å². The molecule has 0 spiro atoms. The Morgan fingerprint density at radius 1 is 1.35 bits per heavy atom. The van der Waals surface area contributed by atoms with E-state index < -0.39 is 30.2 Å². The van der Waals surface area contributed by atoms with E-state index in [1.54, 1.807) is 6.92 Å². The van der Waals surface area contributed by atoms with Crippen molar-refractivity contribution in [3.05, 3.63) is 28.2 Å². The summed E-state index contributed by atoms with van der Waals surface area (Å²) in [6.07, 6.45) is 0.552. The molecule has 0 aliphatic rings. The number of carboxylic acids is 1. The van der Waals surface area contributed by atoms with Crippen molar-refractivity contribution in [1.29, 1.82) is 0 Å². The van der Waals surface area contributed by atoms with Gasteiger partial charge in [-0.3, -0.25) is 4.79 Å². The van der Waals surface area contributed by atoms with Crippen molar-refractivity contribution in [3.8, 4) is 0 Å². The Balaban J connectivity index is 2.87. The van der Waals surface area contributed by atoms with Gasteiger partial charge in [0.1, 0.15) is 18.2 Å². The summed E-state index contributed by atoms with van der Waals surface area (Å²) < 4.78 is 26.5. The van der Waals surface area contributed by atoms with Crippen LogP contribution in [0.25, 0.3) is 0 Å². The van der Waals surface area contributed by atoms with E-state index >= 15 is 0 Å². The number of benzene rings is 1. The summed E-state index contributed by atoms with van der Waals surface area (Å²) >= 11 is 2.88. The normalized spacial score (nSPS) is 10.2. The Kier molecular flexibility index (Phi) is 5.87. The molecule has 0 radical (unpaired) electrons. The average molecular weight is 351 g/mol. The summed E-state index contributed by atoms with van der Waals surface area (Å²) in [6, 6.07) is 0.945. The van der Waals surface area contributed by atoms with Crippen molar-refractivity contribution in [1.82, 2.24) is 4.90 Å². The summed E-state index contributed by atoms with van der Waals surface area (Å²) in [4.78, 5) is 23.5. The van der Waals surface area contributed by atoms with Crippen molar-refractivity contribution in [2.45, 2.75) is 13.3 Å². The molecule has 110 valence electrons. The molecule has 1 aromatic rings. The molecule has 2 amide bonds. The highest BCUT2D eigenvalue weighted by molar-refractivity contribution is 9.10. The van der Waals surface area contributed by atoms with E-state index in [9.17, 15) is 18.4 Å². The van der Waals surface area contributed by atoms with Gasteiger partial charge in [0.25, 0.3) is 0 Å². The number of carbonyl (C=O) groups excluding carboxylic acids is 1. The molecule has 2 N–H and O–H groups in total. The van der Waals surface area contributed by atoms with Gasteiger partial charge in [-0.1, -0.05) is 6.92 Å². The van der Waals surface area contributed by atoms with Gasteiger partial charge in [0.15, 0.2) is 0 Å². The Morgan fingerprint density at radius 2 is 2.00 bits per heavy atom. The maximum Gasteiger partial charge on any atom is 0.323 e. The number of hydrogen-bond donors (Lipinski definition) is 2. The van der Waals surface area contributed by atoms with Gasteiger partial charge in [-0.15, -0.1) is 0 Å². The van der Waals surface area contributed by atoms with Crippen LogP contribution >= 0.6 is 15.9 Å². The number of carboxylic acid groups (broad SMARTS) is 1. The van der Waals surface area contributed by atoms with E-state index in [0.29, 0.717) is 12.5 Å². The molecule has 8 heteroatoms. The minimum absolute atomic E-state index is 0.00511. The van der Waals surface area contributed by atoms with Crippen LogP contribution in [-0.4, -0.2) is 35.1 Å². The number of aliphatic carboxylic acids is 1. The summed E-state index contributed by atoms with van der Waals surface area (Å²) in [7, 11) is 0. The molecule has 5 nitrogen and oxygen atoms in total. The molecular weight excluding hydrogens is 338 g/mol. The van der Waals surface area contributed by atoms with Crippen molar-refractivity contribution >= 4 is 33.6 Å². The number of carbonyl (C=O) groups is 2. The van der Waals surface area contributed by atoms with Crippen LogP contribution in [0.4, 0.5) is 19.3 Å². The van der Waals surface area contributed by atoms with Crippen LogP contribution in [0.15, 0.2) is 16.6 Å². The van der Waals surface area contributed by atoms with Crippen LogP contribution in [0.2, 0.25) is 0 Å². The quantitative estimate of drug-likeness (QED) is 0.801. The van der Waals surface area contributed by atoms with Crippen LogP contribution in [0, 0.1) is 11.6 Å². The maximum absolute atomic E-state index is 13.5. The number of halogens is 3. The second-order valence-electron chi connectivity index (χ2n) is 3.99. The molecule has 1 rings (SSSR count). The fourth-order valence-electron chi connectivity index (χ4n) is 1.50. The topological polar surface area (TPSA) is 69.6 Å². The van der Waals surface area contributed by atoms with Crippen LogP contribution in [0.3, 0.4) is 0 Å². The number of nitrogens with one attached hydrogen (secondary N) is 1. The molecule has 0 unspecified atom stereocenters. The van der Waals surface area contributed by atoms with Crippen LogP contribution in [0.1, 0.15) is 13.3 Å².